The third kappa shape index (κ3) is 2.86. The zero-order chi connectivity index (χ0) is 9.68. The molecule has 76 valence electrons. The van der Waals surface area contributed by atoms with Crippen molar-refractivity contribution in [3.05, 3.63) is 0 Å². The van der Waals surface area contributed by atoms with E-state index in [1.165, 1.54) is 0 Å². The monoisotopic (exact) mass is 187 g/mol. The van der Waals surface area contributed by atoms with Gasteiger partial charge in [0, 0.05) is 13.1 Å². The van der Waals surface area contributed by atoms with Gasteiger partial charge in [-0.2, -0.15) is 0 Å². The van der Waals surface area contributed by atoms with E-state index >= 15 is 0 Å². The standard InChI is InChI=1S/C8H17N3O2/c9-3-5-13-6-7-2-1-4-11(7)8(10)12/h7H,1-6,9H2,(H2,10,12). The summed E-state index contributed by atoms with van der Waals surface area (Å²) in [5.41, 5.74) is 10.5. The number of likely N-dealkylation sites (tertiary alicyclic amines) is 1. The minimum Gasteiger partial charge on any atom is -0.378 e. The number of primary amides is 1. The SMILES string of the molecule is NCCOCC1CCCN1C(N)=O. The average molecular weight is 187 g/mol. The summed E-state index contributed by atoms with van der Waals surface area (Å²) < 4.78 is 5.27. The Labute approximate surface area is 78.0 Å². The molecule has 1 atom stereocenters. The Morgan fingerprint density at radius 3 is 3.00 bits per heavy atom. The van der Waals surface area contributed by atoms with Crippen LogP contribution in [0.2, 0.25) is 0 Å². The Bertz CT molecular complexity index is 175. The molecule has 13 heavy (non-hydrogen) atoms. The first kappa shape index (κ1) is 10.3. The molecule has 1 heterocycles. The second kappa shape index (κ2) is 5.04. The lowest BCUT2D eigenvalue weighted by Gasteiger charge is -2.22. The van der Waals surface area contributed by atoms with Crippen molar-refractivity contribution in [3.63, 3.8) is 0 Å². The lowest BCUT2D eigenvalue weighted by molar-refractivity contribution is 0.0924. The molecule has 5 nitrogen and oxygen atoms in total. The molecule has 0 radical (unpaired) electrons. The highest BCUT2D eigenvalue weighted by atomic mass is 16.5. The van der Waals surface area contributed by atoms with Crippen LogP contribution >= 0.6 is 0 Å². The van der Waals surface area contributed by atoms with Crippen molar-refractivity contribution in [3.8, 4) is 0 Å². The van der Waals surface area contributed by atoms with E-state index < -0.39 is 0 Å². The fraction of sp³-hybridized carbons (Fsp3) is 0.875. The summed E-state index contributed by atoms with van der Waals surface area (Å²) in [7, 11) is 0. The maximum absolute atomic E-state index is 10.9. The number of carbonyl (C=O) groups is 1. The number of urea groups is 1. The molecule has 0 aromatic heterocycles. The molecule has 5 heteroatoms. The number of hydrogen-bond acceptors (Lipinski definition) is 3. The van der Waals surface area contributed by atoms with Crippen LogP contribution in [-0.2, 0) is 4.74 Å². The zero-order valence-corrected chi connectivity index (χ0v) is 7.74. The normalized spacial score (nSPS) is 22.2. The number of nitrogens with zero attached hydrogens (tertiary/aromatic N) is 1. The van der Waals surface area contributed by atoms with E-state index in [4.69, 9.17) is 16.2 Å². The van der Waals surface area contributed by atoms with Crippen molar-refractivity contribution in [2.75, 3.05) is 26.3 Å². The van der Waals surface area contributed by atoms with E-state index in [9.17, 15) is 4.79 Å². The van der Waals surface area contributed by atoms with Gasteiger partial charge in [-0.05, 0) is 12.8 Å². The van der Waals surface area contributed by atoms with E-state index in [0.29, 0.717) is 19.8 Å². The van der Waals surface area contributed by atoms with Crippen LogP contribution in [0.5, 0.6) is 0 Å². The fourth-order valence-corrected chi connectivity index (χ4v) is 1.60. The molecule has 0 bridgehead atoms. The van der Waals surface area contributed by atoms with E-state index in [0.717, 1.165) is 19.4 Å². The summed E-state index contributed by atoms with van der Waals surface area (Å²) in [4.78, 5) is 12.6. The number of nitrogens with two attached hydrogens (primary N) is 2. The topological polar surface area (TPSA) is 81.6 Å². The van der Waals surface area contributed by atoms with Crippen LogP contribution in [0.1, 0.15) is 12.8 Å². The van der Waals surface area contributed by atoms with Crippen LogP contribution in [0.25, 0.3) is 0 Å². The molecular formula is C8H17N3O2. The highest BCUT2D eigenvalue weighted by Gasteiger charge is 2.26. The number of ether oxygens (including phenoxy) is 1. The molecule has 0 aromatic rings. The summed E-state index contributed by atoms with van der Waals surface area (Å²) >= 11 is 0. The zero-order valence-electron chi connectivity index (χ0n) is 7.74. The molecular weight excluding hydrogens is 170 g/mol. The highest BCUT2D eigenvalue weighted by molar-refractivity contribution is 5.72. The first-order valence-corrected chi connectivity index (χ1v) is 4.59. The van der Waals surface area contributed by atoms with Crippen molar-refractivity contribution in [2.45, 2.75) is 18.9 Å². The highest BCUT2D eigenvalue weighted by Crippen LogP contribution is 2.16. The van der Waals surface area contributed by atoms with Crippen molar-refractivity contribution >= 4 is 6.03 Å². The van der Waals surface area contributed by atoms with Gasteiger partial charge < -0.3 is 21.1 Å². The van der Waals surface area contributed by atoms with Crippen LogP contribution in [0.3, 0.4) is 0 Å². The van der Waals surface area contributed by atoms with Gasteiger partial charge in [-0.3, -0.25) is 0 Å². The largest absolute Gasteiger partial charge is 0.378 e. The molecule has 1 rings (SSSR count). The van der Waals surface area contributed by atoms with Crippen LogP contribution in [0, 0.1) is 0 Å². The average Bonchev–Trinajstić information content (AvgIpc) is 2.53. The minimum atomic E-state index is -0.348. The van der Waals surface area contributed by atoms with Crippen molar-refractivity contribution in [2.24, 2.45) is 11.5 Å². The van der Waals surface area contributed by atoms with Gasteiger partial charge in [0.2, 0.25) is 0 Å². The maximum atomic E-state index is 10.9. The van der Waals surface area contributed by atoms with Gasteiger partial charge in [-0.15, -0.1) is 0 Å². The van der Waals surface area contributed by atoms with Gasteiger partial charge in [0.1, 0.15) is 0 Å². The molecule has 1 saturated heterocycles. The third-order valence-corrected chi connectivity index (χ3v) is 2.23. The molecule has 1 aliphatic rings. The van der Waals surface area contributed by atoms with E-state index in [2.05, 4.69) is 0 Å². The van der Waals surface area contributed by atoms with Crippen LogP contribution in [0.4, 0.5) is 4.79 Å². The Hall–Kier alpha value is -0.810. The number of amides is 2. The summed E-state index contributed by atoms with van der Waals surface area (Å²) in [6, 6.07) is -0.192. The quantitative estimate of drug-likeness (QED) is 0.582. The van der Waals surface area contributed by atoms with Gasteiger partial charge in [0.15, 0.2) is 0 Å². The fourth-order valence-electron chi connectivity index (χ4n) is 1.60. The lowest BCUT2D eigenvalue weighted by atomic mass is 10.2. The number of carbonyl (C=O) groups excluding carboxylic acids is 1. The number of rotatable bonds is 4. The summed E-state index contributed by atoms with van der Waals surface area (Å²) in [5, 5.41) is 0. The smallest absolute Gasteiger partial charge is 0.315 e. The van der Waals surface area contributed by atoms with E-state index in [-0.39, 0.29) is 12.1 Å². The Balaban J connectivity index is 2.27. The Kier molecular flexibility index (Phi) is 3.98. The van der Waals surface area contributed by atoms with Gasteiger partial charge in [-0.25, -0.2) is 4.79 Å². The molecule has 4 N–H and O–H groups in total. The molecule has 1 unspecified atom stereocenters. The van der Waals surface area contributed by atoms with Gasteiger partial charge >= 0.3 is 6.03 Å². The molecule has 1 fully saturated rings. The minimum absolute atomic E-state index is 0.157. The van der Waals surface area contributed by atoms with Gasteiger partial charge in [0.25, 0.3) is 0 Å². The predicted octanol–water partition coefficient (Wildman–Crippen LogP) is -0.495. The molecule has 0 aromatic carbocycles. The molecule has 2 amide bonds. The van der Waals surface area contributed by atoms with Gasteiger partial charge in [0.05, 0.1) is 19.3 Å². The lowest BCUT2D eigenvalue weighted by Crippen LogP contribution is -2.41. The van der Waals surface area contributed by atoms with E-state index in [1.807, 2.05) is 0 Å². The summed E-state index contributed by atoms with van der Waals surface area (Å²) in [6.45, 7) is 2.37. The van der Waals surface area contributed by atoms with Crippen LogP contribution in [-0.4, -0.2) is 43.3 Å². The first-order chi connectivity index (χ1) is 6.25. The van der Waals surface area contributed by atoms with Crippen molar-refractivity contribution in [1.82, 2.24) is 4.90 Å². The van der Waals surface area contributed by atoms with Crippen molar-refractivity contribution in [1.29, 1.82) is 0 Å². The first-order valence-electron chi connectivity index (χ1n) is 4.59. The van der Waals surface area contributed by atoms with Gasteiger partial charge in [-0.1, -0.05) is 0 Å². The maximum Gasteiger partial charge on any atom is 0.315 e. The Morgan fingerprint density at radius 2 is 2.38 bits per heavy atom. The molecule has 0 aliphatic carbocycles. The summed E-state index contributed by atoms with van der Waals surface area (Å²) in [6.07, 6.45) is 1.99. The van der Waals surface area contributed by atoms with Crippen LogP contribution < -0.4 is 11.5 Å². The predicted molar refractivity (Wildman–Crippen MR) is 49.2 cm³/mol. The molecule has 0 saturated carbocycles. The molecule has 0 spiro atoms. The van der Waals surface area contributed by atoms with Crippen molar-refractivity contribution < 1.29 is 9.53 Å². The third-order valence-electron chi connectivity index (χ3n) is 2.23. The second-order valence-electron chi connectivity index (χ2n) is 3.19. The number of hydrogen-bond donors (Lipinski definition) is 2. The van der Waals surface area contributed by atoms with Crippen LogP contribution in [0.15, 0.2) is 0 Å². The summed E-state index contributed by atoms with van der Waals surface area (Å²) in [5.74, 6) is 0. The van der Waals surface area contributed by atoms with E-state index in [1.54, 1.807) is 4.90 Å². The molecule has 1 aliphatic heterocycles. The Morgan fingerprint density at radius 1 is 1.62 bits per heavy atom. The second-order valence-corrected chi connectivity index (χ2v) is 3.19.